The van der Waals surface area contributed by atoms with Gasteiger partial charge in [-0.05, 0) is 24.3 Å². The molecule has 3 aromatic rings. The minimum atomic E-state index is -0.471. The van der Waals surface area contributed by atoms with Crippen molar-refractivity contribution in [1.29, 1.82) is 0 Å². The Hall–Kier alpha value is -3.75. The molecule has 1 saturated heterocycles. The first-order valence-corrected chi connectivity index (χ1v) is 8.87. The number of aromatic nitrogens is 2. The largest absolute Gasteiger partial charge is 0.352 e. The van der Waals surface area contributed by atoms with Crippen molar-refractivity contribution in [3.63, 3.8) is 0 Å². The van der Waals surface area contributed by atoms with Crippen LogP contribution in [-0.2, 0) is 0 Å². The minimum absolute atomic E-state index is 0.0105. The Bertz CT molecular complexity index is 1010. The molecular formula is C19H18N6O3. The van der Waals surface area contributed by atoms with Crippen LogP contribution in [-0.4, -0.2) is 52.0 Å². The number of para-hydroxylation sites is 1. The normalized spacial score (nSPS) is 14.1. The highest BCUT2D eigenvalue weighted by molar-refractivity contribution is 5.91. The molecule has 28 heavy (non-hydrogen) atoms. The van der Waals surface area contributed by atoms with Crippen molar-refractivity contribution >= 4 is 34.1 Å². The predicted octanol–water partition coefficient (Wildman–Crippen LogP) is 2.89. The van der Waals surface area contributed by atoms with Crippen molar-refractivity contribution in [3.05, 3.63) is 65.0 Å². The summed E-state index contributed by atoms with van der Waals surface area (Å²) in [5, 5.41) is 14.5. The highest BCUT2D eigenvalue weighted by atomic mass is 16.6. The Balaban J connectivity index is 1.39. The number of non-ortho nitro benzene ring substituents is 1. The van der Waals surface area contributed by atoms with E-state index in [1.54, 1.807) is 11.2 Å². The Kier molecular flexibility index (Phi) is 4.71. The summed E-state index contributed by atoms with van der Waals surface area (Å²) in [6, 6.07) is 13.4. The second-order valence-corrected chi connectivity index (χ2v) is 6.42. The number of piperazine rings is 1. The molecule has 2 amide bonds. The van der Waals surface area contributed by atoms with E-state index in [1.807, 2.05) is 24.3 Å². The van der Waals surface area contributed by atoms with E-state index in [1.165, 1.54) is 24.3 Å². The van der Waals surface area contributed by atoms with Gasteiger partial charge in [-0.15, -0.1) is 0 Å². The van der Waals surface area contributed by atoms with Gasteiger partial charge in [-0.2, -0.15) is 0 Å². The standard InChI is InChI=1S/C19H18N6O3/c26-19(22-14-5-7-15(8-6-14)25(27)28)24-11-9-23(10-12-24)18-16-3-1-2-4-17(16)20-13-21-18/h1-8,13H,9-12H2,(H,22,26). The summed E-state index contributed by atoms with van der Waals surface area (Å²) < 4.78 is 0. The van der Waals surface area contributed by atoms with Crippen molar-refractivity contribution in [2.45, 2.75) is 0 Å². The SMILES string of the molecule is O=C(Nc1ccc([N+](=O)[O-])cc1)N1CCN(c2ncnc3ccccc23)CC1. The third kappa shape index (κ3) is 3.54. The number of nitrogens with one attached hydrogen (secondary N) is 1. The summed E-state index contributed by atoms with van der Waals surface area (Å²) in [6.45, 7) is 2.43. The number of amides is 2. The summed E-state index contributed by atoms with van der Waals surface area (Å²) in [6.07, 6.45) is 1.56. The number of nitro groups is 1. The predicted molar refractivity (Wildman–Crippen MR) is 105 cm³/mol. The molecule has 142 valence electrons. The molecular weight excluding hydrogens is 360 g/mol. The van der Waals surface area contributed by atoms with Gasteiger partial charge in [-0.1, -0.05) is 12.1 Å². The molecule has 0 saturated carbocycles. The zero-order valence-corrected chi connectivity index (χ0v) is 15.0. The van der Waals surface area contributed by atoms with E-state index in [0.29, 0.717) is 31.9 Å². The number of nitrogens with zero attached hydrogens (tertiary/aromatic N) is 5. The number of hydrogen-bond acceptors (Lipinski definition) is 6. The zero-order chi connectivity index (χ0) is 19.5. The van der Waals surface area contributed by atoms with Crippen LogP contribution in [0.15, 0.2) is 54.9 Å². The van der Waals surface area contributed by atoms with Gasteiger partial charge in [0.1, 0.15) is 12.1 Å². The maximum absolute atomic E-state index is 12.5. The van der Waals surface area contributed by atoms with Crippen molar-refractivity contribution < 1.29 is 9.72 Å². The molecule has 2 aromatic carbocycles. The molecule has 9 heteroatoms. The van der Waals surface area contributed by atoms with Crippen LogP contribution in [0, 0.1) is 10.1 Å². The Morgan fingerprint density at radius 1 is 1.00 bits per heavy atom. The Morgan fingerprint density at radius 2 is 1.71 bits per heavy atom. The number of nitro benzene ring substituents is 1. The van der Waals surface area contributed by atoms with Crippen LogP contribution in [0.5, 0.6) is 0 Å². The van der Waals surface area contributed by atoms with Crippen molar-refractivity contribution in [3.8, 4) is 0 Å². The summed E-state index contributed by atoms with van der Waals surface area (Å²) >= 11 is 0. The highest BCUT2D eigenvalue weighted by Gasteiger charge is 2.23. The number of fused-ring (bicyclic) bond motifs is 1. The lowest BCUT2D eigenvalue weighted by Crippen LogP contribution is -2.50. The van der Waals surface area contributed by atoms with Crippen LogP contribution in [0.3, 0.4) is 0 Å². The second-order valence-electron chi connectivity index (χ2n) is 6.42. The van der Waals surface area contributed by atoms with Crippen molar-refractivity contribution in [2.75, 3.05) is 36.4 Å². The second kappa shape index (κ2) is 7.47. The topological polar surface area (TPSA) is 104 Å². The maximum atomic E-state index is 12.5. The molecule has 0 bridgehead atoms. The molecule has 0 spiro atoms. The lowest BCUT2D eigenvalue weighted by Gasteiger charge is -2.35. The third-order valence-corrected chi connectivity index (χ3v) is 4.72. The number of carbonyl (C=O) groups is 1. The van der Waals surface area contributed by atoms with Gasteiger partial charge in [-0.25, -0.2) is 14.8 Å². The Labute approximate surface area is 160 Å². The van der Waals surface area contributed by atoms with Crippen molar-refractivity contribution in [2.24, 2.45) is 0 Å². The van der Waals surface area contributed by atoms with Crippen LogP contribution in [0.1, 0.15) is 0 Å². The van der Waals surface area contributed by atoms with E-state index in [9.17, 15) is 14.9 Å². The maximum Gasteiger partial charge on any atom is 0.321 e. The molecule has 2 heterocycles. The molecule has 1 aliphatic heterocycles. The van der Waals surface area contributed by atoms with E-state index in [-0.39, 0.29) is 11.7 Å². The average Bonchev–Trinajstić information content (AvgIpc) is 2.74. The van der Waals surface area contributed by atoms with E-state index in [2.05, 4.69) is 20.2 Å². The lowest BCUT2D eigenvalue weighted by atomic mass is 10.2. The number of carbonyl (C=O) groups excluding carboxylic acids is 1. The van der Waals surface area contributed by atoms with Gasteiger partial charge in [-0.3, -0.25) is 10.1 Å². The summed E-state index contributed by atoms with van der Waals surface area (Å²) in [5.74, 6) is 0.876. The Morgan fingerprint density at radius 3 is 2.43 bits per heavy atom. The molecule has 1 aromatic heterocycles. The van der Waals surface area contributed by atoms with E-state index in [0.717, 1.165) is 16.7 Å². The zero-order valence-electron chi connectivity index (χ0n) is 15.0. The number of rotatable bonds is 3. The van der Waals surface area contributed by atoms with Gasteiger partial charge in [0.2, 0.25) is 0 Å². The fraction of sp³-hybridized carbons (Fsp3) is 0.211. The van der Waals surface area contributed by atoms with Gasteiger partial charge < -0.3 is 15.1 Å². The fourth-order valence-corrected chi connectivity index (χ4v) is 3.23. The molecule has 9 nitrogen and oxygen atoms in total. The van der Waals surface area contributed by atoms with E-state index < -0.39 is 4.92 Å². The van der Waals surface area contributed by atoms with Gasteiger partial charge in [0.15, 0.2) is 0 Å². The summed E-state index contributed by atoms with van der Waals surface area (Å²) in [4.78, 5) is 35.3. The number of hydrogen-bond donors (Lipinski definition) is 1. The molecule has 1 aliphatic rings. The van der Waals surface area contributed by atoms with Crippen LogP contribution >= 0.6 is 0 Å². The lowest BCUT2D eigenvalue weighted by molar-refractivity contribution is -0.384. The molecule has 0 radical (unpaired) electrons. The van der Waals surface area contributed by atoms with E-state index in [4.69, 9.17) is 0 Å². The summed E-state index contributed by atoms with van der Waals surface area (Å²) in [5.41, 5.74) is 1.41. The van der Waals surface area contributed by atoms with Crippen LogP contribution in [0.25, 0.3) is 10.9 Å². The third-order valence-electron chi connectivity index (χ3n) is 4.72. The first kappa shape index (κ1) is 17.7. The fourth-order valence-electron chi connectivity index (χ4n) is 3.23. The first-order chi connectivity index (χ1) is 13.6. The monoisotopic (exact) mass is 378 g/mol. The molecule has 4 rings (SSSR count). The first-order valence-electron chi connectivity index (χ1n) is 8.87. The van der Waals surface area contributed by atoms with Gasteiger partial charge in [0, 0.05) is 49.4 Å². The minimum Gasteiger partial charge on any atom is -0.352 e. The van der Waals surface area contributed by atoms with Gasteiger partial charge >= 0.3 is 6.03 Å². The summed E-state index contributed by atoms with van der Waals surface area (Å²) in [7, 11) is 0. The molecule has 0 atom stereocenters. The molecule has 0 unspecified atom stereocenters. The molecule has 1 N–H and O–H groups in total. The average molecular weight is 378 g/mol. The van der Waals surface area contributed by atoms with E-state index >= 15 is 0 Å². The molecule has 0 aliphatic carbocycles. The van der Waals surface area contributed by atoms with Gasteiger partial charge in [0.05, 0.1) is 10.4 Å². The van der Waals surface area contributed by atoms with Crippen LogP contribution in [0.2, 0.25) is 0 Å². The van der Waals surface area contributed by atoms with Crippen LogP contribution in [0.4, 0.5) is 22.0 Å². The molecule has 1 fully saturated rings. The number of urea groups is 1. The number of anilines is 2. The van der Waals surface area contributed by atoms with Crippen LogP contribution < -0.4 is 10.2 Å². The quantitative estimate of drug-likeness (QED) is 0.555. The highest BCUT2D eigenvalue weighted by Crippen LogP contribution is 2.23. The smallest absolute Gasteiger partial charge is 0.321 e. The van der Waals surface area contributed by atoms with Gasteiger partial charge in [0.25, 0.3) is 5.69 Å². The number of benzene rings is 2. The van der Waals surface area contributed by atoms with Crippen molar-refractivity contribution in [1.82, 2.24) is 14.9 Å².